The van der Waals surface area contributed by atoms with E-state index >= 15 is 0 Å². The molecule has 2 aliphatic heterocycles. The molecule has 2 aliphatic rings. The Morgan fingerprint density at radius 1 is 1.40 bits per heavy atom. The minimum absolute atomic E-state index is 0.413. The predicted octanol–water partition coefficient (Wildman–Crippen LogP) is 1.10. The minimum atomic E-state index is 0.413. The van der Waals surface area contributed by atoms with Gasteiger partial charge in [0.05, 0.1) is 6.10 Å². The smallest absolute Gasteiger partial charge is 0.244 e. The zero-order valence-electron chi connectivity index (χ0n) is 12.3. The van der Waals surface area contributed by atoms with Gasteiger partial charge in [0.2, 0.25) is 5.95 Å². The van der Waals surface area contributed by atoms with Gasteiger partial charge in [0, 0.05) is 38.7 Å². The Balaban J connectivity index is 1.51. The van der Waals surface area contributed by atoms with Crippen molar-refractivity contribution in [2.24, 2.45) is 0 Å². The van der Waals surface area contributed by atoms with E-state index in [0.717, 1.165) is 50.9 Å². The molecule has 2 atom stereocenters. The number of aromatic nitrogens is 3. The number of aromatic amines is 1. The number of nitrogens with one attached hydrogen (secondary N) is 2. The summed E-state index contributed by atoms with van der Waals surface area (Å²) in [6.45, 7) is 6.07. The van der Waals surface area contributed by atoms with Gasteiger partial charge < -0.3 is 15.0 Å². The Morgan fingerprint density at radius 2 is 2.35 bits per heavy atom. The molecule has 3 rings (SSSR count). The zero-order chi connectivity index (χ0) is 13.8. The van der Waals surface area contributed by atoms with Gasteiger partial charge in [-0.05, 0) is 32.6 Å². The Kier molecular flexibility index (Phi) is 4.52. The van der Waals surface area contributed by atoms with Crippen molar-refractivity contribution in [1.29, 1.82) is 0 Å². The molecule has 2 N–H and O–H groups in total. The van der Waals surface area contributed by atoms with Crippen molar-refractivity contribution >= 4 is 5.95 Å². The summed E-state index contributed by atoms with van der Waals surface area (Å²) in [7, 11) is 0. The van der Waals surface area contributed by atoms with Crippen LogP contribution in [0.4, 0.5) is 5.95 Å². The van der Waals surface area contributed by atoms with Crippen LogP contribution in [0, 0.1) is 0 Å². The van der Waals surface area contributed by atoms with Crippen molar-refractivity contribution in [2.45, 2.75) is 51.2 Å². The van der Waals surface area contributed by atoms with Gasteiger partial charge in [-0.15, -0.1) is 5.10 Å². The maximum atomic E-state index is 5.76. The van der Waals surface area contributed by atoms with Crippen molar-refractivity contribution in [3.63, 3.8) is 0 Å². The van der Waals surface area contributed by atoms with Crippen molar-refractivity contribution in [2.75, 3.05) is 31.1 Å². The van der Waals surface area contributed by atoms with Crippen LogP contribution in [0.3, 0.4) is 0 Å². The second kappa shape index (κ2) is 6.54. The molecule has 6 heteroatoms. The van der Waals surface area contributed by atoms with Gasteiger partial charge in [-0.3, -0.25) is 5.10 Å². The maximum absolute atomic E-state index is 5.76. The van der Waals surface area contributed by atoms with Gasteiger partial charge >= 0.3 is 0 Å². The van der Waals surface area contributed by atoms with Crippen LogP contribution in [0.1, 0.15) is 38.4 Å². The highest BCUT2D eigenvalue weighted by molar-refractivity contribution is 5.30. The van der Waals surface area contributed by atoms with Gasteiger partial charge in [-0.1, -0.05) is 0 Å². The fraction of sp³-hybridized carbons (Fsp3) is 0.857. The molecule has 0 radical (unpaired) electrons. The number of piperazine rings is 1. The first-order chi connectivity index (χ1) is 9.81. The maximum Gasteiger partial charge on any atom is 0.244 e. The molecule has 0 bridgehead atoms. The van der Waals surface area contributed by atoms with Crippen molar-refractivity contribution < 1.29 is 4.74 Å². The third-order valence-electron chi connectivity index (χ3n) is 4.15. The molecule has 0 saturated carbocycles. The molecule has 0 aliphatic carbocycles. The summed E-state index contributed by atoms with van der Waals surface area (Å²) in [4.78, 5) is 6.88. The van der Waals surface area contributed by atoms with E-state index in [1.807, 2.05) is 0 Å². The number of hydrogen-bond donors (Lipinski definition) is 2. The molecule has 0 amide bonds. The number of anilines is 1. The summed E-state index contributed by atoms with van der Waals surface area (Å²) in [6.07, 6.45) is 6.09. The Hall–Kier alpha value is -1.14. The molecule has 112 valence electrons. The average molecular weight is 279 g/mol. The third-order valence-corrected chi connectivity index (χ3v) is 4.15. The van der Waals surface area contributed by atoms with E-state index in [4.69, 9.17) is 4.74 Å². The van der Waals surface area contributed by atoms with Crippen LogP contribution in [0.25, 0.3) is 0 Å². The molecule has 0 aromatic carbocycles. The Bertz CT molecular complexity index is 415. The first-order valence-electron chi connectivity index (χ1n) is 7.82. The Labute approximate surface area is 120 Å². The number of H-pyrrole nitrogens is 1. The van der Waals surface area contributed by atoms with E-state index in [2.05, 4.69) is 32.3 Å². The van der Waals surface area contributed by atoms with Gasteiger partial charge in [0.15, 0.2) is 0 Å². The number of hydrogen-bond acceptors (Lipinski definition) is 5. The topological polar surface area (TPSA) is 66.1 Å². The molecule has 1 unspecified atom stereocenters. The monoisotopic (exact) mass is 279 g/mol. The first-order valence-corrected chi connectivity index (χ1v) is 7.82. The molecule has 20 heavy (non-hydrogen) atoms. The van der Waals surface area contributed by atoms with Crippen LogP contribution in [0.15, 0.2) is 0 Å². The lowest BCUT2D eigenvalue weighted by Crippen LogP contribution is -2.49. The zero-order valence-corrected chi connectivity index (χ0v) is 12.3. The second-order valence-corrected chi connectivity index (χ2v) is 5.91. The van der Waals surface area contributed by atoms with Crippen molar-refractivity contribution in [3.8, 4) is 0 Å². The van der Waals surface area contributed by atoms with Crippen molar-refractivity contribution in [1.82, 2.24) is 20.5 Å². The number of nitrogens with zero attached hydrogens (tertiary/aromatic N) is 3. The van der Waals surface area contributed by atoms with Crippen LogP contribution < -0.4 is 10.2 Å². The summed E-state index contributed by atoms with van der Waals surface area (Å²) in [5, 5.41) is 10.9. The summed E-state index contributed by atoms with van der Waals surface area (Å²) in [5.41, 5.74) is 0. The number of ether oxygens (including phenoxy) is 1. The second-order valence-electron chi connectivity index (χ2n) is 5.91. The van der Waals surface area contributed by atoms with E-state index in [-0.39, 0.29) is 0 Å². The third kappa shape index (κ3) is 3.49. The molecular formula is C14H25N5O. The largest absolute Gasteiger partial charge is 0.378 e. The van der Waals surface area contributed by atoms with E-state index in [1.54, 1.807) is 0 Å². The SMILES string of the molecule is C[C@@H]1CN(c2n[nH]c(CCC3CCCCO3)n2)CCN1. The van der Waals surface area contributed by atoms with E-state index in [9.17, 15) is 0 Å². The highest BCUT2D eigenvalue weighted by atomic mass is 16.5. The molecule has 0 spiro atoms. The standard InChI is InChI=1S/C14H25N5O/c1-11-10-19(8-7-15-11)14-16-13(17-18-14)6-5-12-4-2-3-9-20-12/h11-12,15H,2-10H2,1H3,(H,16,17,18)/t11-,12?/m1/s1. The quantitative estimate of drug-likeness (QED) is 0.864. The molecule has 1 aromatic rings. The number of aryl methyl sites for hydroxylation is 1. The Morgan fingerprint density at radius 3 is 3.15 bits per heavy atom. The normalized spacial score (nSPS) is 27.8. The van der Waals surface area contributed by atoms with Gasteiger partial charge in [-0.2, -0.15) is 4.98 Å². The average Bonchev–Trinajstić information content (AvgIpc) is 2.95. The fourth-order valence-electron chi connectivity index (χ4n) is 2.99. The number of rotatable bonds is 4. The van der Waals surface area contributed by atoms with Crippen LogP contribution in [0.5, 0.6) is 0 Å². The van der Waals surface area contributed by atoms with E-state index < -0.39 is 0 Å². The van der Waals surface area contributed by atoms with E-state index in [0.29, 0.717) is 12.1 Å². The molecule has 1 aromatic heterocycles. The molecule has 6 nitrogen and oxygen atoms in total. The lowest BCUT2D eigenvalue weighted by Gasteiger charge is -2.30. The molecule has 2 fully saturated rings. The summed E-state index contributed by atoms with van der Waals surface area (Å²) in [5.74, 6) is 1.83. The van der Waals surface area contributed by atoms with Crippen molar-refractivity contribution in [3.05, 3.63) is 5.82 Å². The minimum Gasteiger partial charge on any atom is -0.378 e. The molecular weight excluding hydrogens is 254 g/mol. The summed E-state index contributed by atoms with van der Waals surface area (Å²) in [6, 6.07) is 0.501. The van der Waals surface area contributed by atoms with Gasteiger partial charge in [0.25, 0.3) is 0 Å². The van der Waals surface area contributed by atoms with Crippen LogP contribution >= 0.6 is 0 Å². The highest BCUT2D eigenvalue weighted by Crippen LogP contribution is 2.17. The predicted molar refractivity (Wildman–Crippen MR) is 78.0 cm³/mol. The lowest BCUT2D eigenvalue weighted by atomic mass is 10.0. The van der Waals surface area contributed by atoms with Crippen LogP contribution in [0.2, 0.25) is 0 Å². The fourth-order valence-corrected chi connectivity index (χ4v) is 2.99. The summed E-state index contributed by atoms with van der Waals surface area (Å²) >= 11 is 0. The highest BCUT2D eigenvalue weighted by Gasteiger charge is 2.20. The van der Waals surface area contributed by atoms with Crippen LogP contribution in [-0.4, -0.2) is 53.6 Å². The van der Waals surface area contributed by atoms with Gasteiger partial charge in [0.1, 0.15) is 5.82 Å². The van der Waals surface area contributed by atoms with Gasteiger partial charge in [-0.25, -0.2) is 0 Å². The van der Waals surface area contributed by atoms with Crippen LogP contribution in [-0.2, 0) is 11.2 Å². The molecule has 2 saturated heterocycles. The summed E-state index contributed by atoms with van der Waals surface area (Å²) < 4.78 is 5.76. The molecule has 3 heterocycles. The first kappa shape index (κ1) is 13.8. The lowest BCUT2D eigenvalue weighted by molar-refractivity contribution is 0.0112. The van der Waals surface area contributed by atoms with E-state index in [1.165, 1.54) is 19.3 Å².